The Morgan fingerprint density at radius 1 is 1.11 bits per heavy atom. The first-order valence-electron chi connectivity index (χ1n) is 9.79. The Morgan fingerprint density at radius 2 is 1.78 bits per heavy atom. The zero-order chi connectivity index (χ0) is 19.5. The number of ketones is 1. The Hall–Kier alpha value is -0.240. The molecular formula is C20H33NaO6. The van der Waals surface area contributed by atoms with Crippen LogP contribution in [0.5, 0.6) is 0 Å². The average molecular weight is 392 g/mol. The molecule has 1 rings (SSSR count). The van der Waals surface area contributed by atoms with E-state index in [-0.39, 0.29) is 72.9 Å². The van der Waals surface area contributed by atoms with Crippen molar-refractivity contribution in [3.63, 3.8) is 0 Å². The molecule has 1 saturated carbocycles. The van der Waals surface area contributed by atoms with Gasteiger partial charge in [-0.25, -0.2) is 0 Å². The van der Waals surface area contributed by atoms with Gasteiger partial charge in [-0.1, -0.05) is 38.3 Å². The first-order chi connectivity index (χ1) is 12.3. The molecule has 27 heavy (non-hydrogen) atoms. The normalized spacial score (nSPS) is 26.1. The molecule has 7 heteroatoms. The number of carboxylic acids is 1. The van der Waals surface area contributed by atoms with Gasteiger partial charge in [0.1, 0.15) is 5.78 Å². The monoisotopic (exact) mass is 392 g/mol. The first kappa shape index (κ1) is 26.8. The summed E-state index contributed by atoms with van der Waals surface area (Å²) in [5.74, 6) is -1.87. The summed E-state index contributed by atoms with van der Waals surface area (Å²) < 4.78 is 0. The van der Waals surface area contributed by atoms with Gasteiger partial charge in [0, 0.05) is 37.1 Å². The van der Waals surface area contributed by atoms with Gasteiger partial charge in [-0.2, -0.15) is 0 Å². The van der Waals surface area contributed by atoms with Crippen LogP contribution in [0.4, 0.5) is 0 Å². The molecule has 3 N–H and O–H groups in total. The Kier molecular flexibility index (Phi) is 14.6. The van der Waals surface area contributed by atoms with Gasteiger partial charge in [0.2, 0.25) is 0 Å². The largest absolute Gasteiger partial charge is 1.00 e. The van der Waals surface area contributed by atoms with Crippen LogP contribution >= 0.6 is 0 Å². The quantitative estimate of drug-likeness (QED) is 0.192. The molecule has 1 fully saturated rings. The van der Waals surface area contributed by atoms with E-state index in [9.17, 15) is 30.0 Å². The van der Waals surface area contributed by atoms with Crippen molar-refractivity contribution in [3.8, 4) is 0 Å². The number of aliphatic hydroxyl groups excluding tert-OH is 3. The fraction of sp³-hybridized carbons (Fsp3) is 0.800. The first-order valence-corrected chi connectivity index (χ1v) is 9.79. The van der Waals surface area contributed by atoms with Gasteiger partial charge in [0.25, 0.3) is 0 Å². The van der Waals surface area contributed by atoms with Crippen LogP contribution in [0.15, 0.2) is 12.2 Å². The summed E-state index contributed by atoms with van der Waals surface area (Å²) in [4.78, 5) is 22.5. The van der Waals surface area contributed by atoms with Crippen LogP contribution < -0.4 is 34.7 Å². The second-order valence-electron chi connectivity index (χ2n) is 7.38. The van der Waals surface area contributed by atoms with Gasteiger partial charge in [0.05, 0.1) is 18.3 Å². The van der Waals surface area contributed by atoms with E-state index in [1.165, 1.54) is 0 Å². The van der Waals surface area contributed by atoms with Crippen molar-refractivity contribution < 1.29 is 59.6 Å². The van der Waals surface area contributed by atoms with Gasteiger partial charge in [-0.15, -0.1) is 0 Å². The average Bonchev–Trinajstić information content (AvgIpc) is 2.83. The standard InChI is InChI=1S/C20H34O6.Na/c1-2-3-4-7-14(21)10-11-16-17(19(24)13-18(16)23)12-15(22)8-5-6-9-20(25)26;/h10-11,14,16-19,21,23-24H,2-9,12-13H2,1H3,(H,25,26);/q;+1/p-1/b11-10+;/t14-,16?,17+,18+,19?;/m0./s1. The van der Waals surface area contributed by atoms with Crippen LogP contribution in [-0.2, 0) is 9.59 Å². The number of aliphatic carboxylic acids is 1. The van der Waals surface area contributed by atoms with E-state index in [1.807, 2.05) is 0 Å². The number of carbonyl (C=O) groups excluding carboxylic acids is 2. The van der Waals surface area contributed by atoms with Crippen LogP contribution in [0.1, 0.15) is 71.1 Å². The van der Waals surface area contributed by atoms with E-state index >= 15 is 0 Å². The second kappa shape index (κ2) is 14.7. The molecule has 6 nitrogen and oxygen atoms in total. The van der Waals surface area contributed by atoms with E-state index in [1.54, 1.807) is 12.2 Å². The number of aliphatic hydroxyl groups is 3. The molecule has 0 aromatic carbocycles. The van der Waals surface area contributed by atoms with Crippen molar-refractivity contribution in [3.05, 3.63) is 12.2 Å². The molecule has 0 aliphatic heterocycles. The molecule has 0 spiro atoms. The fourth-order valence-corrected chi connectivity index (χ4v) is 3.58. The summed E-state index contributed by atoms with van der Waals surface area (Å²) in [6.07, 6.45) is 6.58. The molecule has 2 unspecified atom stereocenters. The summed E-state index contributed by atoms with van der Waals surface area (Å²) >= 11 is 0. The van der Waals surface area contributed by atoms with Gasteiger partial charge >= 0.3 is 29.6 Å². The zero-order valence-electron chi connectivity index (χ0n) is 16.7. The molecule has 0 bridgehead atoms. The van der Waals surface area contributed by atoms with E-state index in [4.69, 9.17) is 0 Å². The molecule has 5 atom stereocenters. The second-order valence-corrected chi connectivity index (χ2v) is 7.38. The van der Waals surface area contributed by atoms with Crippen molar-refractivity contribution in [1.29, 1.82) is 0 Å². The topological polar surface area (TPSA) is 118 Å². The van der Waals surface area contributed by atoms with E-state index in [0.717, 1.165) is 19.3 Å². The predicted octanol–water partition coefficient (Wildman–Crippen LogP) is -1.88. The SMILES string of the molecule is CCCCC[C@H](O)/C=C/C1[C@@H](CC(=O)CCCCC(=O)[O-])C(O)C[C@H]1O.[Na+]. The Balaban J connectivity index is 0.00000676. The van der Waals surface area contributed by atoms with Crippen molar-refractivity contribution in [2.24, 2.45) is 11.8 Å². The Morgan fingerprint density at radius 3 is 2.41 bits per heavy atom. The Bertz CT molecular complexity index is 467. The summed E-state index contributed by atoms with van der Waals surface area (Å²) in [6, 6.07) is 0. The minimum Gasteiger partial charge on any atom is -0.550 e. The summed E-state index contributed by atoms with van der Waals surface area (Å²) in [5.41, 5.74) is 0. The van der Waals surface area contributed by atoms with Gasteiger partial charge in [-0.05, 0) is 25.7 Å². The van der Waals surface area contributed by atoms with Gasteiger partial charge in [0.15, 0.2) is 0 Å². The molecule has 0 aromatic heterocycles. The predicted molar refractivity (Wildman–Crippen MR) is 96.0 cm³/mol. The molecule has 0 heterocycles. The van der Waals surface area contributed by atoms with Crippen molar-refractivity contribution in [2.75, 3.05) is 0 Å². The number of Topliss-reactive ketones (excluding diaryl/α,β-unsaturated/α-hetero) is 1. The van der Waals surface area contributed by atoms with Crippen LogP contribution in [-0.4, -0.2) is 45.4 Å². The maximum absolute atomic E-state index is 12.1. The minimum atomic E-state index is -1.12. The van der Waals surface area contributed by atoms with Crippen LogP contribution in [0.2, 0.25) is 0 Å². The molecule has 1 aliphatic carbocycles. The molecular weight excluding hydrogens is 359 g/mol. The smallest absolute Gasteiger partial charge is 0.550 e. The van der Waals surface area contributed by atoms with Crippen LogP contribution in [0.25, 0.3) is 0 Å². The number of carbonyl (C=O) groups is 2. The maximum atomic E-state index is 12.1. The van der Waals surface area contributed by atoms with Crippen molar-refractivity contribution in [2.45, 2.75) is 89.4 Å². The third-order valence-corrected chi connectivity index (χ3v) is 5.12. The van der Waals surface area contributed by atoms with Crippen LogP contribution in [0.3, 0.4) is 0 Å². The van der Waals surface area contributed by atoms with Gasteiger partial charge < -0.3 is 25.2 Å². The zero-order valence-corrected chi connectivity index (χ0v) is 18.7. The van der Waals surface area contributed by atoms with Crippen molar-refractivity contribution in [1.82, 2.24) is 0 Å². The number of hydrogen-bond donors (Lipinski definition) is 3. The molecule has 150 valence electrons. The molecule has 0 saturated heterocycles. The summed E-state index contributed by atoms with van der Waals surface area (Å²) in [6.45, 7) is 2.10. The van der Waals surface area contributed by atoms with Gasteiger partial charge in [-0.3, -0.25) is 4.79 Å². The fourth-order valence-electron chi connectivity index (χ4n) is 3.58. The molecule has 1 aliphatic rings. The Labute approximate surface area is 184 Å². The van der Waals surface area contributed by atoms with Crippen LogP contribution in [0, 0.1) is 11.8 Å². The summed E-state index contributed by atoms with van der Waals surface area (Å²) in [7, 11) is 0. The third-order valence-electron chi connectivity index (χ3n) is 5.12. The third kappa shape index (κ3) is 10.8. The van der Waals surface area contributed by atoms with E-state index < -0.39 is 24.3 Å². The minimum absolute atomic E-state index is 0. The molecule has 0 amide bonds. The number of hydrogen-bond acceptors (Lipinski definition) is 6. The number of carboxylic acid groups (broad SMARTS) is 1. The van der Waals surface area contributed by atoms with E-state index in [0.29, 0.717) is 19.3 Å². The van der Waals surface area contributed by atoms with Crippen molar-refractivity contribution >= 4 is 11.8 Å². The number of rotatable bonds is 13. The summed E-state index contributed by atoms with van der Waals surface area (Å²) in [5, 5.41) is 40.7. The number of unbranched alkanes of at least 4 members (excludes halogenated alkanes) is 3. The molecule has 0 aromatic rings. The maximum Gasteiger partial charge on any atom is 1.00 e. The van der Waals surface area contributed by atoms with E-state index in [2.05, 4.69) is 6.92 Å². The molecule has 0 radical (unpaired) electrons.